The van der Waals surface area contributed by atoms with Gasteiger partial charge < -0.3 is 33.8 Å². The molecule has 0 bridgehead atoms. The summed E-state index contributed by atoms with van der Waals surface area (Å²) in [4.78, 5) is 72.2. The molecule has 17 nitrogen and oxygen atoms in total. The second-order valence-corrected chi connectivity index (χ2v) is 26.8. The van der Waals surface area contributed by atoms with Crippen LogP contribution in [0.4, 0.5) is 0 Å². The van der Waals surface area contributed by atoms with E-state index in [0.717, 1.165) is 89.9 Å². The lowest BCUT2D eigenvalue weighted by atomic mass is 10.0. The highest BCUT2D eigenvalue weighted by Gasteiger charge is 2.30. The number of phosphoric acid groups is 2. The average Bonchev–Trinajstić information content (AvgIpc) is 3.62. The third-order valence-corrected chi connectivity index (χ3v) is 17.3. The van der Waals surface area contributed by atoms with E-state index < -0.39 is 97.5 Å². The molecular formula is C66H128O17P2. The largest absolute Gasteiger partial charge is 0.472 e. The number of esters is 4. The highest BCUT2D eigenvalue weighted by molar-refractivity contribution is 7.47. The Balaban J connectivity index is 5.20. The maximum Gasteiger partial charge on any atom is 0.472 e. The van der Waals surface area contributed by atoms with Crippen molar-refractivity contribution < 1.29 is 80.2 Å². The van der Waals surface area contributed by atoms with Gasteiger partial charge in [0.25, 0.3) is 0 Å². The lowest BCUT2D eigenvalue weighted by Gasteiger charge is -2.21. The number of rotatable bonds is 67. The van der Waals surface area contributed by atoms with Crippen LogP contribution in [0.15, 0.2) is 0 Å². The Morgan fingerprint density at radius 2 is 0.471 bits per heavy atom. The fraction of sp³-hybridized carbons (Fsp3) is 0.939. The molecule has 0 saturated heterocycles. The summed E-state index contributed by atoms with van der Waals surface area (Å²) in [6.07, 6.45) is 47.1. The molecule has 0 aliphatic rings. The van der Waals surface area contributed by atoms with E-state index >= 15 is 0 Å². The fourth-order valence-corrected chi connectivity index (χ4v) is 11.6. The van der Waals surface area contributed by atoms with E-state index in [0.29, 0.717) is 25.7 Å². The molecule has 504 valence electrons. The molecule has 2 unspecified atom stereocenters. The smallest absolute Gasteiger partial charge is 0.462 e. The van der Waals surface area contributed by atoms with Gasteiger partial charge in [0.15, 0.2) is 12.2 Å². The number of carbonyl (C=O) groups is 4. The Bertz CT molecular complexity index is 1640. The molecule has 0 aromatic heterocycles. The molecule has 0 aliphatic carbocycles. The van der Waals surface area contributed by atoms with Crippen molar-refractivity contribution in [1.82, 2.24) is 0 Å². The molecule has 19 heteroatoms. The lowest BCUT2D eigenvalue weighted by molar-refractivity contribution is -0.161. The van der Waals surface area contributed by atoms with E-state index in [2.05, 4.69) is 27.7 Å². The number of unbranched alkanes of at least 4 members (excludes halogenated alkanes) is 41. The summed E-state index contributed by atoms with van der Waals surface area (Å²) in [6, 6.07) is 0. The van der Waals surface area contributed by atoms with Crippen LogP contribution in [0.3, 0.4) is 0 Å². The average molecular weight is 1260 g/mol. The Kier molecular flexibility index (Phi) is 59.6. The van der Waals surface area contributed by atoms with Gasteiger partial charge in [-0.1, -0.05) is 291 Å². The van der Waals surface area contributed by atoms with Crippen molar-refractivity contribution in [3.05, 3.63) is 0 Å². The molecule has 0 heterocycles. The van der Waals surface area contributed by atoms with Gasteiger partial charge in [0, 0.05) is 25.7 Å². The molecule has 0 aromatic rings. The quantitative estimate of drug-likeness (QED) is 0.0222. The van der Waals surface area contributed by atoms with E-state index in [9.17, 15) is 43.2 Å². The van der Waals surface area contributed by atoms with Crippen molar-refractivity contribution in [1.29, 1.82) is 0 Å². The highest BCUT2D eigenvalue weighted by Crippen LogP contribution is 2.45. The highest BCUT2D eigenvalue weighted by atomic mass is 31.2. The van der Waals surface area contributed by atoms with E-state index in [-0.39, 0.29) is 25.7 Å². The van der Waals surface area contributed by atoms with Crippen LogP contribution in [0.25, 0.3) is 0 Å². The first-order chi connectivity index (χ1) is 41.2. The molecule has 0 radical (unpaired) electrons. The minimum Gasteiger partial charge on any atom is -0.462 e. The summed E-state index contributed by atoms with van der Waals surface area (Å²) in [6.45, 7) is 4.88. The molecule has 0 spiro atoms. The summed E-state index contributed by atoms with van der Waals surface area (Å²) in [5.41, 5.74) is 0. The molecule has 0 aromatic carbocycles. The van der Waals surface area contributed by atoms with Crippen molar-refractivity contribution in [3.8, 4) is 0 Å². The van der Waals surface area contributed by atoms with Crippen LogP contribution in [0.2, 0.25) is 0 Å². The summed E-state index contributed by atoms with van der Waals surface area (Å²) in [5, 5.41) is 10.5. The standard InChI is InChI=1S/C66H128O17P2/c1-5-9-13-17-21-25-27-28-29-30-31-33-37-41-45-49-53-66(71)83-62(57-77-64(69)51-47-43-39-36-32-26-22-18-14-10-6-2)59-81-85(74,75)79-55-60(67)54-78-84(72,73)80-58-61(82-65(70)52-48-44-40-35-24-20-16-12-8-4)56-76-63(68)50-46-42-38-34-23-19-15-11-7-3/h60-62,67H,5-59H2,1-4H3,(H,72,73)(H,74,75)/t60-,61+,62+/m0/s1. The van der Waals surface area contributed by atoms with Gasteiger partial charge >= 0.3 is 39.5 Å². The minimum atomic E-state index is -4.94. The molecule has 0 aliphatic heterocycles. The van der Waals surface area contributed by atoms with Crippen molar-refractivity contribution >= 4 is 39.5 Å². The molecular weight excluding hydrogens is 1130 g/mol. The van der Waals surface area contributed by atoms with Crippen molar-refractivity contribution in [2.75, 3.05) is 39.6 Å². The Hall–Kier alpha value is -1.94. The number of phosphoric ester groups is 2. The monoisotopic (exact) mass is 1250 g/mol. The summed E-state index contributed by atoms with van der Waals surface area (Å²) >= 11 is 0. The van der Waals surface area contributed by atoms with Gasteiger partial charge in [-0.25, -0.2) is 9.13 Å². The van der Waals surface area contributed by atoms with Gasteiger partial charge in [0.1, 0.15) is 19.3 Å². The van der Waals surface area contributed by atoms with Gasteiger partial charge in [0.05, 0.1) is 26.4 Å². The number of hydrogen-bond donors (Lipinski definition) is 3. The van der Waals surface area contributed by atoms with E-state index in [1.54, 1.807) is 0 Å². The number of aliphatic hydroxyl groups excluding tert-OH is 1. The van der Waals surface area contributed by atoms with Crippen LogP contribution >= 0.6 is 15.6 Å². The zero-order valence-corrected chi connectivity index (χ0v) is 56.4. The molecule has 0 rings (SSSR count). The molecule has 85 heavy (non-hydrogen) atoms. The molecule has 0 fully saturated rings. The molecule has 0 saturated carbocycles. The van der Waals surface area contributed by atoms with Crippen molar-refractivity contribution in [2.45, 2.75) is 361 Å². The van der Waals surface area contributed by atoms with Crippen LogP contribution < -0.4 is 0 Å². The molecule has 5 atom stereocenters. The first-order valence-corrected chi connectivity index (χ1v) is 37.8. The maximum absolute atomic E-state index is 13.0. The van der Waals surface area contributed by atoms with Crippen LogP contribution in [0, 0.1) is 0 Å². The maximum atomic E-state index is 13.0. The number of hydrogen-bond acceptors (Lipinski definition) is 15. The Morgan fingerprint density at radius 3 is 0.694 bits per heavy atom. The van der Waals surface area contributed by atoms with Gasteiger partial charge in [-0.05, 0) is 25.7 Å². The third kappa shape index (κ3) is 60.7. The topological polar surface area (TPSA) is 237 Å². The lowest BCUT2D eigenvalue weighted by Crippen LogP contribution is -2.30. The molecule has 0 amide bonds. The second-order valence-electron chi connectivity index (χ2n) is 23.9. The first-order valence-electron chi connectivity index (χ1n) is 34.8. The van der Waals surface area contributed by atoms with Crippen LogP contribution in [0.1, 0.15) is 342 Å². The first kappa shape index (κ1) is 83.1. The Labute approximate surface area is 517 Å². The Morgan fingerprint density at radius 1 is 0.282 bits per heavy atom. The molecule has 3 N–H and O–H groups in total. The third-order valence-electron chi connectivity index (χ3n) is 15.4. The second kappa shape index (κ2) is 60.9. The summed E-state index contributed by atoms with van der Waals surface area (Å²) in [5.74, 6) is -2.13. The van der Waals surface area contributed by atoms with Crippen LogP contribution in [-0.4, -0.2) is 96.7 Å². The number of ether oxygens (including phenoxy) is 4. The zero-order chi connectivity index (χ0) is 62.6. The minimum absolute atomic E-state index is 0.106. The SMILES string of the molecule is CCCCCCCCCCCCCCCCCCC(=O)O[C@H](COC(=O)CCCCCCCCCCCCC)COP(=O)(O)OC[C@@H](O)COP(=O)(O)OC[C@@H](COC(=O)CCCCCCCCCCC)OC(=O)CCCCCCCCCCC. The summed E-state index contributed by atoms with van der Waals surface area (Å²) in [7, 11) is -9.88. The van der Waals surface area contributed by atoms with E-state index in [1.165, 1.54) is 173 Å². The van der Waals surface area contributed by atoms with Gasteiger partial charge in [-0.15, -0.1) is 0 Å². The van der Waals surface area contributed by atoms with Crippen LogP contribution in [-0.2, 0) is 65.4 Å². The van der Waals surface area contributed by atoms with E-state index in [1.807, 2.05) is 0 Å². The number of aliphatic hydroxyl groups is 1. The fourth-order valence-electron chi connectivity index (χ4n) is 9.99. The van der Waals surface area contributed by atoms with Gasteiger partial charge in [-0.3, -0.25) is 37.3 Å². The predicted octanol–water partition coefficient (Wildman–Crippen LogP) is 18.7. The predicted molar refractivity (Wildman–Crippen MR) is 340 cm³/mol. The van der Waals surface area contributed by atoms with Gasteiger partial charge in [0.2, 0.25) is 0 Å². The van der Waals surface area contributed by atoms with E-state index in [4.69, 9.17) is 37.0 Å². The normalized spacial score (nSPS) is 14.1. The zero-order valence-electron chi connectivity index (χ0n) is 54.6. The van der Waals surface area contributed by atoms with Crippen LogP contribution in [0.5, 0.6) is 0 Å². The van der Waals surface area contributed by atoms with Gasteiger partial charge in [-0.2, -0.15) is 0 Å². The van der Waals surface area contributed by atoms with Crippen molar-refractivity contribution in [3.63, 3.8) is 0 Å². The van der Waals surface area contributed by atoms with Crippen molar-refractivity contribution in [2.24, 2.45) is 0 Å². The summed E-state index contributed by atoms with van der Waals surface area (Å²) < 4.78 is 68.0. The number of carbonyl (C=O) groups excluding carboxylic acids is 4.